The molecule has 0 aromatic rings. The highest BCUT2D eigenvalue weighted by Crippen LogP contribution is 2.31. The van der Waals surface area contributed by atoms with Gasteiger partial charge in [-0.3, -0.25) is 0 Å². The number of aliphatic hydroxyl groups is 1. The molecule has 0 aliphatic heterocycles. The quantitative estimate of drug-likeness (QED) is 0.741. The molecule has 0 bridgehead atoms. The van der Waals surface area contributed by atoms with Gasteiger partial charge in [-0.25, -0.2) is 8.78 Å². The van der Waals surface area contributed by atoms with E-state index in [1.807, 2.05) is 6.92 Å². The third kappa shape index (κ3) is 2.91. The monoisotopic (exact) mass is 202 g/mol. The van der Waals surface area contributed by atoms with Crippen LogP contribution in [0.25, 0.3) is 0 Å². The average molecular weight is 202 g/mol. The van der Waals surface area contributed by atoms with Crippen LogP contribution >= 0.6 is 0 Å². The lowest BCUT2D eigenvalue weighted by atomic mass is 9.91. The molecule has 3 heteroatoms. The molecule has 0 radical (unpaired) electrons. The first-order chi connectivity index (χ1) is 6.65. The second-order valence-electron chi connectivity index (χ2n) is 3.71. The second-order valence-corrected chi connectivity index (χ2v) is 3.71. The van der Waals surface area contributed by atoms with Gasteiger partial charge in [0.25, 0.3) is 0 Å². The number of hydrogen-bond acceptors (Lipinski definition) is 1. The highest BCUT2D eigenvalue weighted by Gasteiger charge is 2.22. The minimum atomic E-state index is -0.787. The highest BCUT2D eigenvalue weighted by atomic mass is 19.2. The summed E-state index contributed by atoms with van der Waals surface area (Å²) in [5.41, 5.74) is 0. The van der Waals surface area contributed by atoms with Crippen molar-refractivity contribution in [3.8, 4) is 0 Å². The molecule has 0 amide bonds. The molecule has 0 aromatic carbocycles. The normalized spacial score (nSPS) is 24.1. The Morgan fingerprint density at radius 1 is 1.57 bits per heavy atom. The summed E-state index contributed by atoms with van der Waals surface area (Å²) in [5.74, 6) is -1.96. The smallest absolute Gasteiger partial charge is 0.154 e. The average Bonchev–Trinajstić information content (AvgIpc) is 2.13. The van der Waals surface area contributed by atoms with Gasteiger partial charge in [0.15, 0.2) is 5.83 Å². The molecule has 0 fully saturated rings. The van der Waals surface area contributed by atoms with Crippen LogP contribution in [0.1, 0.15) is 32.6 Å². The summed E-state index contributed by atoms with van der Waals surface area (Å²) < 4.78 is 26.0. The van der Waals surface area contributed by atoms with Crippen molar-refractivity contribution in [3.63, 3.8) is 0 Å². The molecule has 1 nitrogen and oxygen atoms in total. The maximum Gasteiger partial charge on any atom is 0.154 e. The Balaban J connectivity index is 2.50. The van der Waals surface area contributed by atoms with Crippen LogP contribution in [0.5, 0.6) is 0 Å². The van der Waals surface area contributed by atoms with Crippen molar-refractivity contribution in [3.05, 3.63) is 23.8 Å². The van der Waals surface area contributed by atoms with Crippen LogP contribution in [0.4, 0.5) is 8.78 Å². The van der Waals surface area contributed by atoms with Gasteiger partial charge < -0.3 is 5.11 Å². The largest absolute Gasteiger partial charge is 0.393 e. The van der Waals surface area contributed by atoms with Gasteiger partial charge in [-0.15, -0.1) is 0 Å². The fourth-order valence-electron chi connectivity index (χ4n) is 1.69. The van der Waals surface area contributed by atoms with Gasteiger partial charge in [0, 0.05) is 5.92 Å². The minimum Gasteiger partial charge on any atom is -0.393 e. The summed E-state index contributed by atoms with van der Waals surface area (Å²) in [6, 6.07) is 0. The molecular weight excluding hydrogens is 186 g/mol. The fourth-order valence-corrected chi connectivity index (χ4v) is 1.69. The van der Waals surface area contributed by atoms with Gasteiger partial charge in [0.1, 0.15) is 5.83 Å². The molecule has 2 atom stereocenters. The number of hydrogen-bond donors (Lipinski definition) is 1. The summed E-state index contributed by atoms with van der Waals surface area (Å²) in [4.78, 5) is 0. The molecule has 0 heterocycles. The molecule has 0 saturated heterocycles. The maximum absolute atomic E-state index is 13.2. The molecule has 1 N–H and O–H groups in total. The summed E-state index contributed by atoms with van der Waals surface area (Å²) in [6.07, 6.45) is 4.55. The Hall–Kier alpha value is -0.700. The molecule has 0 aromatic heterocycles. The predicted molar refractivity (Wildman–Crippen MR) is 52.0 cm³/mol. The molecule has 0 saturated carbocycles. The zero-order chi connectivity index (χ0) is 10.6. The molecule has 1 aliphatic carbocycles. The molecule has 1 aliphatic rings. The SMILES string of the molecule is CCCC(O)CC1CC=CC(F)=C1F. The minimum absolute atomic E-state index is 0.317. The first-order valence-electron chi connectivity index (χ1n) is 5.05. The first-order valence-corrected chi connectivity index (χ1v) is 5.05. The van der Waals surface area contributed by atoms with E-state index in [9.17, 15) is 13.9 Å². The predicted octanol–water partition coefficient (Wildman–Crippen LogP) is 3.26. The van der Waals surface area contributed by atoms with E-state index in [-0.39, 0.29) is 0 Å². The Kier molecular flexibility index (Phi) is 4.26. The van der Waals surface area contributed by atoms with Crippen LogP contribution in [-0.2, 0) is 0 Å². The van der Waals surface area contributed by atoms with Gasteiger partial charge in [0.05, 0.1) is 6.10 Å². The highest BCUT2D eigenvalue weighted by molar-refractivity contribution is 5.22. The summed E-state index contributed by atoms with van der Waals surface area (Å²) in [7, 11) is 0. The lowest BCUT2D eigenvalue weighted by molar-refractivity contribution is 0.132. The zero-order valence-electron chi connectivity index (χ0n) is 8.34. The number of aliphatic hydroxyl groups excluding tert-OH is 1. The zero-order valence-corrected chi connectivity index (χ0v) is 8.34. The van der Waals surface area contributed by atoms with Crippen molar-refractivity contribution >= 4 is 0 Å². The lowest BCUT2D eigenvalue weighted by Gasteiger charge is -2.19. The van der Waals surface area contributed by atoms with Crippen LogP contribution in [-0.4, -0.2) is 11.2 Å². The number of allylic oxidation sites excluding steroid dienone is 4. The second kappa shape index (κ2) is 5.25. The topological polar surface area (TPSA) is 20.2 Å². The molecule has 2 unspecified atom stereocenters. The van der Waals surface area contributed by atoms with Crippen LogP contribution in [0.3, 0.4) is 0 Å². The third-order valence-electron chi connectivity index (χ3n) is 2.45. The molecule has 1 rings (SSSR count). The van der Waals surface area contributed by atoms with Crippen molar-refractivity contribution in [1.29, 1.82) is 0 Å². The third-order valence-corrected chi connectivity index (χ3v) is 2.45. The van der Waals surface area contributed by atoms with E-state index in [0.29, 0.717) is 19.3 Å². The lowest BCUT2D eigenvalue weighted by Crippen LogP contribution is -2.15. The van der Waals surface area contributed by atoms with Crippen LogP contribution in [0.2, 0.25) is 0 Å². The first kappa shape index (κ1) is 11.4. The van der Waals surface area contributed by atoms with Crippen LogP contribution in [0, 0.1) is 5.92 Å². The van der Waals surface area contributed by atoms with E-state index in [1.54, 1.807) is 6.08 Å². The van der Waals surface area contributed by atoms with Crippen molar-refractivity contribution in [1.82, 2.24) is 0 Å². The van der Waals surface area contributed by atoms with Crippen molar-refractivity contribution in [2.75, 3.05) is 0 Å². The van der Waals surface area contributed by atoms with E-state index in [1.165, 1.54) is 0 Å². The molecular formula is C11H16F2O. The standard InChI is InChI=1S/C11H16F2O/c1-2-4-9(14)7-8-5-3-6-10(12)11(8)13/h3,6,8-9,14H,2,4-5,7H2,1H3. The van der Waals surface area contributed by atoms with Crippen molar-refractivity contribution in [2.24, 2.45) is 5.92 Å². The van der Waals surface area contributed by atoms with Crippen LogP contribution < -0.4 is 0 Å². The maximum atomic E-state index is 13.2. The van der Waals surface area contributed by atoms with Gasteiger partial charge in [-0.05, 0) is 25.3 Å². The molecule has 80 valence electrons. The van der Waals surface area contributed by atoms with Crippen molar-refractivity contribution in [2.45, 2.75) is 38.7 Å². The fraction of sp³-hybridized carbons (Fsp3) is 0.636. The Bertz CT molecular complexity index is 246. The Morgan fingerprint density at radius 3 is 2.93 bits per heavy atom. The summed E-state index contributed by atoms with van der Waals surface area (Å²) in [6.45, 7) is 1.96. The van der Waals surface area contributed by atoms with E-state index in [0.717, 1.165) is 12.5 Å². The van der Waals surface area contributed by atoms with Crippen molar-refractivity contribution < 1.29 is 13.9 Å². The van der Waals surface area contributed by atoms with Gasteiger partial charge in [-0.2, -0.15) is 0 Å². The molecule has 0 spiro atoms. The summed E-state index contributed by atoms with van der Waals surface area (Å²) in [5, 5.41) is 9.47. The van der Waals surface area contributed by atoms with Gasteiger partial charge in [0.2, 0.25) is 0 Å². The Labute approximate surface area is 83.1 Å². The number of rotatable bonds is 4. The van der Waals surface area contributed by atoms with E-state index < -0.39 is 23.7 Å². The van der Waals surface area contributed by atoms with E-state index in [4.69, 9.17) is 0 Å². The van der Waals surface area contributed by atoms with E-state index >= 15 is 0 Å². The molecule has 14 heavy (non-hydrogen) atoms. The summed E-state index contributed by atoms with van der Waals surface area (Å²) >= 11 is 0. The Morgan fingerprint density at radius 2 is 2.29 bits per heavy atom. The van der Waals surface area contributed by atoms with E-state index in [2.05, 4.69) is 0 Å². The van der Waals surface area contributed by atoms with Gasteiger partial charge >= 0.3 is 0 Å². The number of halogens is 2. The van der Waals surface area contributed by atoms with Crippen LogP contribution in [0.15, 0.2) is 23.8 Å². The van der Waals surface area contributed by atoms with Gasteiger partial charge in [-0.1, -0.05) is 19.4 Å².